The summed E-state index contributed by atoms with van der Waals surface area (Å²) in [5.41, 5.74) is 4.88. The number of amides is 1. The van der Waals surface area contributed by atoms with Gasteiger partial charge >= 0.3 is 5.97 Å². The number of imidazole rings is 1. The molecule has 1 aromatic heterocycles. The van der Waals surface area contributed by atoms with E-state index in [0.717, 1.165) is 28.6 Å². The summed E-state index contributed by atoms with van der Waals surface area (Å²) in [6, 6.07) is 25.5. The molecule has 1 aliphatic rings. The van der Waals surface area contributed by atoms with E-state index < -0.39 is 17.9 Å². The molecule has 2 heterocycles. The van der Waals surface area contributed by atoms with Gasteiger partial charge in [-0.3, -0.25) is 14.5 Å². The number of carbonyl (C=O) groups excluding carboxylic acids is 2. The number of hydrogen-bond donors (Lipinski definition) is 0. The molecule has 5 rings (SSSR count). The molecule has 3 aromatic carbocycles. The van der Waals surface area contributed by atoms with Crippen molar-refractivity contribution >= 4 is 28.9 Å². The van der Waals surface area contributed by atoms with Crippen LogP contribution in [0.4, 0.5) is 5.95 Å². The standard InChI is InChI=1S/C29H29N3O3/c1-3-20-14-16-22(17-15-20)26-25(28(34)35-4-2)27(33)31(19-18-21-10-6-5-7-11-21)29-30-23-12-8-9-13-24(23)32(26)29/h5-17,25-26H,3-4,18-19H2,1-2H3/t25-,26+/m0/s1. The van der Waals surface area contributed by atoms with E-state index in [9.17, 15) is 9.59 Å². The van der Waals surface area contributed by atoms with Gasteiger partial charge in [0.05, 0.1) is 23.7 Å². The van der Waals surface area contributed by atoms with Crippen LogP contribution in [0, 0.1) is 5.92 Å². The maximum absolute atomic E-state index is 14.0. The summed E-state index contributed by atoms with van der Waals surface area (Å²) in [5, 5.41) is 0. The number of benzene rings is 3. The van der Waals surface area contributed by atoms with Crippen molar-refractivity contribution in [3.8, 4) is 0 Å². The van der Waals surface area contributed by atoms with Gasteiger partial charge in [0.1, 0.15) is 0 Å². The largest absolute Gasteiger partial charge is 0.465 e. The van der Waals surface area contributed by atoms with Crippen molar-refractivity contribution in [3.63, 3.8) is 0 Å². The van der Waals surface area contributed by atoms with E-state index in [-0.39, 0.29) is 12.5 Å². The average Bonchev–Trinajstić information content (AvgIpc) is 3.27. The van der Waals surface area contributed by atoms with Crippen molar-refractivity contribution in [2.45, 2.75) is 32.7 Å². The van der Waals surface area contributed by atoms with E-state index in [0.29, 0.717) is 18.9 Å². The Kier molecular flexibility index (Phi) is 6.36. The maximum Gasteiger partial charge on any atom is 0.321 e. The minimum absolute atomic E-state index is 0.214. The zero-order chi connectivity index (χ0) is 24.4. The third-order valence-corrected chi connectivity index (χ3v) is 6.68. The maximum atomic E-state index is 14.0. The summed E-state index contributed by atoms with van der Waals surface area (Å²) in [4.78, 5) is 33.8. The molecule has 35 heavy (non-hydrogen) atoms. The number of para-hydroxylation sites is 2. The zero-order valence-corrected chi connectivity index (χ0v) is 20.1. The van der Waals surface area contributed by atoms with Crippen LogP contribution in [0.1, 0.15) is 36.6 Å². The van der Waals surface area contributed by atoms with Gasteiger partial charge in [0.25, 0.3) is 0 Å². The Morgan fingerprint density at radius 1 is 0.914 bits per heavy atom. The lowest BCUT2D eigenvalue weighted by atomic mass is 9.88. The molecule has 0 bridgehead atoms. The highest BCUT2D eigenvalue weighted by Crippen LogP contribution is 2.41. The number of ether oxygens (including phenoxy) is 1. The molecular formula is C29H29N3O3. The Morgan fingerprint density at radius 3 is 2.34 bits per heavy atom. The molecule has 1 aliphatic heterocycles. The van der Waals surface area contributed by atoms with Gasteiger partial charge in [-0.25, -0.2) is 4.98 Å². The SMILES string of the molecule is CCOC(=O)[C@@H]1C(=O)N(CCc2ccccc2)c2nc3ccccc3n2[C@@H]1c1ccc(CC)cc1. The fourth-order valence-electron chi connectivity index (χ4n) is 4.90. The van der Waals surface area contributed by atoms with Crippen molar-refractivity contribution in [3.05, 3.63) is 95.6 Å². The van der Waals surface area contributed by atoms with Gasteiger partial charge in [-0.05, 0) is 48.6 Å². The van der Waals surface area contributed by atoms with E-state index in [4.69, 9.17) is 9.72 Å². The average molecular weight is 468 g/mol. The first-order chi connectivity index (χ1) is 17.1. The number of aromatic nitrogens is 2. The number of carbonyl (C=O) groups is 2. The van der Waals surface area contributed by atoms with Crippen molar-refractivity contribution in [1.29, 1.82) is 0 Å². The highest BCUT2D eigenvalue weighted by atomic mass is 16.5. The van der Waals surface area contributed by atoms with Gasteiger partial charge in [-0.15, -0.1) is 0 Å². The molecule has 0 unspecified atom stereocenters. The van der Waals surface area contributed by atoms with Crippen LogP contribution in [0.15, 0.2) is 78.9 Å². The van der Waals surface area contributed by atoms with Gasteiger partial charge < -0.3 is 9.30 Å². The van der Waals surface area contributed by atoms with E-state index in [1.54, 1.807) is 11.8 Å². The molecule has 6 heteroatoms. The normalized spacial score (nSPS) is 17.4. The highest BCUT2D eigenvalue weighted by Gasteiger charge is 2.47. The minimum atomic E-state index is -0.997. The summed E-state index contributed by atoms with van der Waals surface area (Å²) in [5.74, 6) is -1.21. The van der Waals surface area contributed by atoms with Crippen molar-refractivity contribution < 1.29 is 14.3 Å². The van der Waals surface area contributed by atoms with E-state index in [1.165, 1.54) is 5.56 Å². The molecule has 0 saturated heterocycles. The Hall–Kier alpha value is -3.93. The smallest absolute Gasteiger partial charge is 0.321 e. The Bertz CT molecular complexity index is 1340. The summed E-state index contributed by atoms with van der Waals surface area (Å²) in [6.07, 6.45) is 1.57. The van der Waals surface area contributed by atoms with Crippen LogP contribution in [-0.4, -0.2) is 34.6 Å². The molecule has 0 aliphatic carbocycles. The lowest BCUT2D eigenvalue weighted by Crippen LogP contribution is -2.50. The molecular weight excluding hydrogens is 438 g/mol. The number of esters is 1. The van der Waals surface area contributed by atoms with Crippen LogP contribution in [0.2, 0.25) is 0 Å². The monoisotopic (exact) mass is 467 g/mol. The Labute approximate surface area is 205 Å². The van der Waals surface area contributed by atoms with Crippen LogP contribution in [0.3, 0.4) is 0 Å². The number of hydrogen-bond acceptors (Lipinski definition) is 4. The molecule has 0 fully saturated rings. The van der Waals surface area contributed by atoms with Crippen LogP contribution >= 0.6 is 0 Å². The molecule has 6 nitrogen and oxygen atoms in total. The summed E-state index contributed by atoms with van der Waals surface area (Å²) >= 11 is 0. The molecule has 4 aromatic rings. The molecule has 0 radical (unpaired) electrons. The van der Waals surface area contributed by atoms with E-state index in [1.807, 2.05) is 71.3 Å². The second kappa shape index (κ2) is 9.74. The molecule has 1 amide bonds. The predicted molar refractivity (Wildman–Crippen MR) is 136 cm³/mol. The van der Waals surface area contributed by atoms with Crippen LogP contribution in [-0.2, 0) is 27.2 Å². The second-order valence-corrected chi connectivity index (χ2v) is 8.77. The fraction of sp³-hybridized carbons (Fsp3) is 0.276. The van der Waals surface area contributed by atoms with Crippen LogP contribution in [0.25, 0.3) is 11.0 Å². The quantitative estimate of drug-likeness (QED) is 0.285. The summed E-state index contributed by atoms with van der Waals surface area (Å²) in [6.45, 7) is 4.50. The summed E-state index contributed by atoms with van der Waals surface area (Å²) in [7, 11) is 0. The molecule has 0 spiro atoms. The van der Waals surface area contributed by atoms with Crippen molar-refractivity contribution in [2.75, 3.05) is 18.1 Å². The first-order valence-electron chi connectivity index (χ1n) is 12.2. The second-order valence-electron chi connectivity index (χ2n) is 8.77. The predicted octanol–water partition coefficient (Wildman–Crippen LogP) is 4.96. The number of aryl methyl sites for hydroxylation is 1. The van der Waals surface area contributed by atoms with Crippen LogP contribution in [0.5, 0.6) is 0 Å². The Morgan fingerprint density at radius 2 is 1.63 bits per heavy atom. The Balaban J connectivity index is 1.67. The van der Waals surface area contributed by atoms with Crippen molar-refractivity contribution in [1.82, 2.24) is 9.55 Å². The zero-order valence-electron chi connectivity index (χ0n) is 20.1. The van der Waals surface area contributed by atoms with Gasteiger partial charge in [-0.2, -0.15) is 0 Å². The first-order valence-corrected chi connectivity index (χ1v) is 12.2. The number of anilines is 1. The minimum Gasteiger partial charge on any atom is -0.465 e. The lowest BCUT2D eigenvalue weighted by Gasteiger charge is -2.38. The highest BCUT2D eigenvalue weighted by molar-refractivity contribution is 6.08. The summed E-state index contributed by atoms with van der Waals surface area (Å²) < 4.78 is 7.49. The fourth-order valence-corrected chi connectivity index (χ4v) is 4.90. The van der Waals surface area contributed by atoms with Gasteiger partial charge in [-0.1, -0.05) is 73.7 Å². The number of nitrogens with zero attached hydrogens (tertiary/aromatic N) is 3. The number of rotatable bonds is 7. The third-order valence-electron chi connectivity index (χ3n) is 6.68. The molecule has 178 valence electrons. The molecule has 0 saturated carbocycles. The van der Waals surface area contributed by atoms with Crippen LogP contribution < -0.4 is 4.90 Å². The van der Waals surface area contributed by atoms with Gasteiger partial charge in [0.15, 0.2) is 5.92 Å². The van der Waals surface area contributed by atoms with E-state index in [2.05, 4.69) is 19.1 Å². The van der Waals surface area contributed by atoms with Gasteiger partial charge in [0, 0.05) is 6.54 Å². The molecule has 2 atom stereocenters. The first kappa shape index (κ1) is 22.8. The topological polar surface area (TPSA) is 64.4 Å². The number of fused-ring (bicyclic) bond motifs is 3. The third kappa shape index (κ3) is 4.20. The van der Waals surface area contributed by atoms with E-state index >= 15 is 0 Å². The van der Waals surface area contributed by atoms with Gasteiger partial charge in [0.2, 0.25) is 11.9 Å². The lowest BCUT2D eigenvalue weighted by molar-refractivity contribution is -0.153. The van der Waals surface area contributed by atoms with Crippen molar-refractivity contribution in [2.24, 2.45) is 5.92 Å². The molecule has 0 N–H and O–H groups in total.